The van der Waals surface area contributed by atoms with E-state index in [0.29, 0.717) is 0 Å². The first-order valence-corrected chi connectivity index (χ1v) is 2.68. The van der Waals surface area contributed by atoms with E-state index in [2.05, 4.69) is 0 Å². The summed E-state index contributed by atoms with van der Waals surface area (Å²) in [7, 11) is -4.61. The summed E-state index contributed by atoms with van der Waals surface area (Å²) in [6.45, 7) is 0. The molecule has 0 fully saturated rings. The molecular weight excluding hydrogens is 234 g/mol. The van der Waals surface area contributed by atoms with Crippen molar-refractivity contribution in [3.05, 3.63) is 0 Å². The molecule has 4 nitrogen and oxygen atoms in total. The van der Waals surface area contributed by atoms with Gasteiger partial charge < -0.3 is 19.2 Å². The van der Waals surface area contributed by atoms with Crippen LogP contribution in [0.15, 0.2) is 0 Å². The molecule has 8 heavy (non-hydrogen) atoms. The van der Waals surface area contributed by atoms with Crippen molar-refractivity contribution >= 4 is 94.0 Å². The first-order chi connectivity index (χ1) is 2.00. The van der Waals surface area contributed by atoms with Gasteiger partial charge in [-0.3, -0.25) is 0 Å². The van der Waals surface area contributed by atoms with Crippen LogP contribution in [0.1, 0.15) is 0 Å². The molecule has 0 aliphatic carbocycles. The first kappa shape index (κ1) is 22.4. The minimum atomic E-state index is -4.61. The van der Waals surface area contributed by atoms with Gasteiger partial charge in [0.25, 0.3) is 0 Å². The Morgan fingerprint density at radius 3 is 0.875 bits per heavy atom. The van der Waals surface area contributed by atoms with Gasteiger partial charge in [-0.25, -0.2) is 0 Å². The molecule has 0 aromatic carbocycles. The molecule has 0 saturated carbocycles. The van der Waals surface area contributed by atoms with Gasteiger partial charge in [0.2, 0.25) is 0 Å². The normalized spacial score (nSPS) is 7.50. The van der Waals surface area contributed by atoms with Crippen molar-refractivity contribution < 1.29 is 19.2 Å². The third-order valence-electron chi connectivity index (χ3n) is 0. The maximum absolute atomic E-state index is 7.33. The van der Waals surface area contributed by atoms with Crippen molar-refractivity contribution in [2.45, 2.75) is 0 Å². The molecule has 0 amide bonds. The number of rotatable bonds is 0. The van der Waals surface area contributed by atoms with Crippen LogP contribution in [-0.2, 0) is 0 Å². The molecule has 0 aromatic rings. The molecule has 0 rings (SSSR count). The van der Waals surface area contributed by atoms with Gasteiger partial charge >= 0.3 is 84.1 Å². The molecular formula is H10NaO4PSiSr. The number of hydrogen-bond acceptors (Lipinski definition) is 4. The first-order valence-electron chi connectivity index (χ1n) is 0.894. The summed E-state index contributed by atoms with van der Waals surface area (Å²) in [5.74, 6) is 0. The van der Waals surface area contributed by atoms with E-state index in [1.54, 1.807) is 0 Å². The van der Waals surface area contributed by atoms with E-state index in [0.717, 1.165) is 0 Å². The van der Waals surface area contributed by atoms with E-state index < -0.39 is 9.05 Å². The van der Waals surface area contributed by atoms with Crippen molar-refractivity contribution in [1.82, 2.24) is 0 Å². The zero-order valence-corrected chi connectivity index (χ0v) is 5.41. The SMILES string of the molecule is O[Si](O)(O)O.P.[NaH].[SrH2]. The zero-order chi connectivity index (χ0) is 4.50. The molecule has 0 aliphatic rings. The average molecular weight is 244 g/mol. The van der Waals surface area contributed by atoms with Crippen LogP contribution in [0.25, 0.3) is 0 Å². The van der Waals surface area contributed by atoms with Gasteiger partial charge in [0.05, 0.1) is 0 Å². The fourth-order valence-electron chi connectivity index (χ4n) is 0. The summed E-state index contributed by atoms with van der Waals surface area (Å²) in [6.07, 6.45) is 0. The molecule has 0 saturated heterocycles. The van der Waals surface area contributed by atoms with Crippen molar-refractivity contribution in [3.63, 3.8) is 0 Å². The molecule has 0 heterocycles. The molecule has 0 aliphatic heterocycles. The Bertz CT molecular complexity index is 31.5. The quantitative estimate of drug-likeness (QED) is 0.258. The van der Waals surface area contributed by atoms with Crippen LogP contribution >= 0.6 is 9.90 Å². The Morgan fingerprint density at radius 2 is 0.875 bits per heavy atom. The summed E-state index contributed by atoms with van der Waals surface area (Å²) < 4.78 is 0. The second kappa shape index (κ2) is 9.97. The van der Waals surface area contributed by atoms with E-state index in [4.69, 9.17) is 19.2 Å². The molecule has 1 unspecified atom stereocenters. The summed E-state index contributed by atoms with van der Waals surface area (Å²) in [5.41, 5.74) is 0. The van der Waals surface area contributed by atoms with Crippen LogP contribution in [0.5, 0.6) is 0 Å². The van der Waals surface area contributed by atoms with E-state index in [-0.39, 0.29) is 84.9 Å². The standard InChI is InChI=1S/Na.H4O4Si.H3P.Sr.3H/c;1-5(2,3)4;;;;;/h;1-4H;1H3;;;;. The predicted molar refractivity (Wildman–Crippen MR) is 41.4 cm³/mol. The van der Waals surface area contributed by atoms with E-state index in [1.807, 2.05) is 0 Å². The van der Waals surface area contributed by atoms with Gasteiger partial charge in [-0.2, -0.15) is 9.90 Å². The number of hydrogen-bond donors (Lipinski definition) is 4. The Morgan fingerprint density at radius 1 is 0.875 bits per heavy atom. The molecule has 0 bridgehead atoms. The Balaban J connectivity index is -0.0000000267. The topological polar surface area (TPSA) is 80.9 Å². The van der Waals surface area contributed by atoms with Gasteiger partial charge in [0, 0.05) is 0 Å². The fraction of sp³-hybridized carbons (Fsp3) is 0. The summed E-state index contributed by atoms with van der Waals surface area (Å²) in [4.78, 5) is 29.3. The maximum atomic E-state index is 7.33. The fourth-order valence-corrected chi connectivity index (χ4v) is 0. The van der Waals surface area contributed by atoms with Crippen LogP contribution in [0, 0.1) is 0 Å². The minimum absolute atomic E-state index is 0. The van der Waals surface area contributed by atoms with Crippen LogP contribution < -0.4 is 0 Å². The molecule has 1 atom stereocenters. The average Bonchev–Trinajstić information content (AvgIpc) is 0.722. The van der Waals surface area contributed by atoms with Gasteiger partial charge in [0.1, 0.15) is 0 Å². The Labute approximate surface area is 111 Å². The van der Waals surface area contributed by atoms with E-state index in [9.17, 15) is 0 Å². The molecule has 0 aromatic heterocycles. The third-order valence-corrected chi connectivity index (χ3v) is 0. The van der Waals surface area contributed by atoms with Crippen LogP contribution in [0.4, 0.5) is 0 Å². The van der Waals surface area contributed by atoms with E-state index in [1.165, 1.54) is 0 Å². The summed E-state index contributed by atoms with van der Waals surface area (Å²) >= 11 is 0. The molecule has 8 heteroatoms. The third kappa shape index (κ3) is 64.6. The van der Waals surface area contributed by atoms with Crippen LogP contribution in [-0.4, -0.2) is 103 Å². The molecule has 4 N–H and O–H groups in total. The van der Waals surface area contributed by atoms with Crippen molar-refractivity contribution in [2.75, 3.05) is 0 Å². The molecule has 46 valence electrons. The van der Waals surface area contributed by atoms with E-state index >= 15 is 0 Å². The zero-order valence-electron chi connectivity index (χ0n) is 3.00. The van der Waals surface area contributed by atoms with Crippen LogP contribution in [0.2, 0.25) is 0 Å². The van der Waals surface area contributed by atoms with Crippen molar-refractivity contribution in [3.8, 4) is 0 Å². The van der Waals surface area contributed by atoms with Gasteiger partial charge in [-0.15, -0.1) is 0 Å². The predicted octanol–water partition coefficient (Wildman–Crippen LogP) is -4.12. The Kier molecular flexibility index (Phi) is 28.0. The second-order valence-corrected chi connectivity index (χ2v) is 1.80. The monoisotopic (exact) mass is 244 g/mol. The van der Waals surface area contributed by atoms with Gasteiger partial charge in [-0.1, -0.05) is 0 Å². The van der Waals surface area contributed by atoms with Crippen molar-refractivity contribution in [2.24, 2.45) is 0 Å². The van der Waals surface area contributed by atoms with Gasteiger partial charge in [0.15, 0.2) is 0 Å². The second-order valence-electron chi connectivity index (χ2n) is 0.600. The van der Waals surface area contributed by atoms with Crippen LogP contribution in [0.3, 0.4) is 0 Å². The molecule has 0 radical (unpaired) electrons. The summed E-state index contributed by atoms with van der Waals surface area (Å²) in [5, 5.41) is 0. The summed E-state index contributed by atoms with van der Waals surface area (Å²) in [6, 6.07) is 0. The molecule has 0 spiro atoms. The Hall–Kier alpha value is 2.97. The van der Waals surface area contributed by atoms with Gasteiger partial charge in [-0.05, 0) is 0 Å². The van der Waals surface area contributed by atoms with Crippen molar-refractivity contribution in [1.29, 1.82) is 0 Å².